The van der Waals surface area contributed by atoms with E-state index in [1.54, 1.807) is 19.1 Å². The lowest BCUT2D eigenvalue weighted by molar-refractivity contribution is -0.138. The van der Waals surface area contributed by atoms with Crippen molar-refractivity contribution < 1.29 is 32.0 Å². The van der Waals surface area contributed by atoms with Crippen molar-refractivity contribution in [1.29, 1.82) is 0 Å². The van der Waals surface area contributed by atoms with Crippen LogP contribution in [0, 0.1) is 12.7 Å². The maximum atomic E-state index is 14.7. The van der Waals surface area contributed by atoms with E-state index in [1.165, 1.54) is 29.2 Å². The van der Waals surface area contributed by atoms with Gasteiger partial charge in [-0.3, -0.25) is 9.58 Å². The Balaban J connectivity index is 1.53. The predicted octanol–water partition coefficient (Wildman–Crippen LogP) is 6.54. The molecule has 0 saturated carbocycles. The molecule has 202 valence electrons. The van der Waals surface area contributed by atoms with E-state index in [0.29, 0.717) is 36.3 Å². The number of piperidine rings is 1. The Labute approximate surface area is 229 Å². The topological polar surface area (TPSA) is 44.6 Å². The smallest absolute Gasteiger partial charge is 0.369 e. The van der Waals surface area contributed by atoms with E-state index in [2.05, 4.69) is 5.10 Å². The van der Waals surface area contributed by atoms with Crippen LogP contribution in [0.1, 0.15) is 64.4 Å². The van der Waals surface area contributed by atoms with Gasteiger partial charge in [-0.1, -0.05) is 30.3 Å². The summed E-state index contributed by atoms with van der Waals surface area (Å²) >= 11 is 0. The van der Waals surface area contributed by atoms with Gasteiger partial charge in [-0.15, -0.1) is 0 Å². The molecular formula is C28H31F4N5O. The fourth-order valence-corrected chi connectivity index (χ4v) is 5.31. The lowest BCUT2D eigenvalue weighted by atomic mass is 10.00. The van der Waals surface area contributed by atoms with E-state index in [9.17, 15) is 22.4 Å². The lowest BCUT2D eigenvalue weighted by Crippen LogP contribution is -2.54. The van der Waals surface area contributed by atoms with Crippen molar-refractivity contribution in [2.75, 3.05) is 22.9 Å². The van der Waals surface area contributed by atoms with Crippen LogP contribution < -0.4 is 9.80 Å². The molecule has 10 heteroatoms. The molecule has 0 unspecified atom stereocenters. The number of nitrogens with zero attached hydrogens (tertiary/aromatic N) is 5. The average Bonchev–Trinajstić information content (AvgIpc) is 3.37. The summed E-state index contributed by atoms with van der Waals surface area (Å²) in [5.41, 5.74) is 0.141. The third kappa shape index (κ3) is 4.83. The summed E-state index contributed by atoms with van der Waals surface area (Å²) in [7, 11) is 0. The van der Waals surface area contributed by atoms with Crippen LogP contribution in [0.5, 0.6) is 0 Å². The van der Waals surface area contributed by atoms with Gasteiger partial charge in [0, 0.05) is 45.1 Å². The summed E-state index contributed by atoms with van der Waals surface area (Å²) in [5, 5.41) is 4.08. The summed E-state index contributed by atoms with van der Waals surface area (Å²) < 4.78 is 113. The van der Waals surface area contributed by atoms with Crippen molar-refractivity contribution in [3.05, 3.63) is 76.7 Å². The highest BCUT2D eigenvalue weighted by Crippen LogP contribution is 2.37. The monoisotopic (exact) mass is 536 g/mol. The summed E-state index contributed by atoms with van der Waals surface area (Å²) in [6.45, 7) is -4.97. The molecule has 0 radical (unpaired) electrons. The van der Waals surface area contributed by atoms with Crippen molar-refractivity contribution in [2.24, 2.45) is 0 Å². The molecule has 1 fully saturated rings. The van der Waals surface area contributed by atoms with Crippen LogP contribution in [-0.2, 0) is 19.3 Å². The largest absolute Gasteiger partial charge is 0.416 e. The molecule has 6 nitrogen and oxygen atoms in total. The van der Waals surface area contributed by atoms with Crippen LogP contribution in [0.4, 0.5) is 33.9 Å². The minimum atomic E-state index is -4.74. The Hall–Kier alpha value is -3.56. The summed E-state index contributed by atoms with van der Waals surface area (Å²) in [6, 6.07) is 5.07. The number of rotatable bonds is 5. The molecule has 1 aromatic heterocycles. The van der Waals surface area contributed by atoms with Crippen molar-refractivity contribution in [3.8, 4) is 0 Å². The zero-order chi connectivity index (χ0) is 33.1. The van der Waals surface area contributed by atoms with Gasteiger partial charge in [0.1, 0.15) is 5.82 Å². The first-order valence-electron chi connectivity index (χ1n) is 15.7. The molecule has 0 aliphatic carbocycles. The van der Waals surface area contributed by atoms with Gasteiger partial charge >= 0.3 is 12.2 Å². The molecule has 5 rings (SSSR count). The summed E-state index contributed by atoms with van der Waals surface area (Å²) in [4.78, 5) is 18.3. The zero-order valence-corrected chi connectivity index (χ0v) is 20.6. The van der Waals surface area contributed by atoms with Crippen molar-refractivity contribution in [3.63, 3.8) is 0 Å². The normalized spacial score (nSPS) is 20.6. The third-order valence-corrected chi connectivity index (χ3v) is 7.13. The first kappa shape index (κ1) is 18.7. The Kier molecular flexibility index (Phi) is 4.89. The number of halogens is 4. The molecular weight excluding hydrogens is 498 g/mol. The number of alkyl halides is 3. The first-order chi connectivity index (χ1) is 20.8. The van der Waals surface area contributed by atoms with Crippen molar-refractivity contribution in [1.82, 2.24) is 14.7 Å². The number of hydrogen-bond acceptors (Lipinski definition) is 3. The first-order valence-corrected chi connectivity index (χ1v) is 12.2. The van der Waals surface area contributed by atoms with Gasteiger partial charge in [-0.2, -0.15) is 18.3 Å². The van der Waals surface area contributed by atoms with Crippen LogP contribution in [0.2, 0.25) is 0 Å². The van der Waals surface area contributed by atoms with E-state index >= 15 is 0 Å². The Morgan fingerprint density at radius 2 is 1.87 bits per heavy atom. The second kappa shape index (κ2) is 9.96. The van der Waals surface area contributed by atoms with E-state index in [0.717, 1.165) is 22.7 Å². The van der Waals surface area contributed by atoms with Crippen LogP contribution in [-0.4, -0.2) is 39.8 Å². The number of benzene rings is 2. The highest BCUT2D eigenvalue weighted by Gasteiger charge is 2.40. The number of fused-ring (bicyclic) bond motifs is 1. The van der Waals surface area contributed by atoms with E-state index in [-0.39, 0.29) is 29.3 Å². The summed E-state index contributed by atoms with van der Waals surface area (Å²) in [5.74, 6) is -0.603. The number of para-hydroxylation sites is 1. The number of anilines is 2. The number of aryl methyl sites for hydroxylation is 1. The summed E-state index contributed by atoms with van der Waals surface area (Å²) in [6.07, 6.45) is -2.89. The van der Waals surface area contributed by atoms with Gasteiger partial charge < -0.3 is 9.80 Å². The molecule has 1 saturated heterocycles. The second-order valence-corrected chi connectivity index (χ2v) is 9.55. The molecule has 38 heavy (non-hydrogen) atoms. The number of urea groups is 1. The predicted molar refractivity (Wildman–Crippen MR) is 138 cm³/mol. The number of carbonyl (C=O) groups is 1. The van der Waals surface area contributed by atoms with Crippen LogP contribution in [0.3, 0.4) is 0 Å². The highest BCUT2D eigenvalue weighted by molar-refractivity contribution is 5.94. The molecule has 0 spiro atoms. The van der Waals surface area contributed by atoms with Gasteiger partial charge in [0.05, 0.1) is 25.7 Å². The second-order valence-electron chi connectivity index (χ2n) is 9.55. The van der Waals surface area contributed by atoms with Crippen LogP contribution >= 0.6 is 0 Å². The number of amides is 2. The average molecular weight is 537 g/mol. The molecule has 2 aromatic carbocycles. The van der Waals surface area contributed by atoms with Crippen molar-refractivity contribution >= 4 is 17.5 Å². The molecule has 2 aliphatic rings. The maximum absolute atomic E-state index is 14.7. The van der Waals surface area contributed by atoms with E-state index < -0.39 is 50.1 Å². The Morgan fingerprint density at radius 3 is 2.55 bits per heavy atom. The van der Waals surface area contributed by atoms with E-state index in [4.69, 9.17) is 9.60 Å². The maximum Gasteiger partial charge on any atom is 0.416 e. The lowest BCUT2D eigenvalue weighted by Gasteiger charge is -2.43. The quantitative estimate of drug-likeness (QED) is 0.348. The molecule has 0 N–H and O–H groups in total. The Bertz CT molecular complexity index is 1550. The third-order valence-electron chi connectivity index (χ3n) is 7.13. The SMILES string of the molecule is [2H]C([2H])([2H])C([2H])(n1cc2c(n1)N(Cc1ccccc1C(F)(F)F)C(=O)N(C1CCN(c3c(C)cccc3F)CC1)C2)C([2H])([2H])[2H]. The van der Waals surface area contributed by atoms with Gasteiger partial charge in [0.15, 0.2) is 5.82 Å². The molecule has 2 aliphatic heterocycles. The van der Waals surface area contributed by atoms with Crippen LogP contribution in [0.15, 0.2) is 48.7 Å². The molecule has 0 bridgehead atoms. The zero-order valence-electron chi connectivity index (χ0n) is 27.6. The Morgan fingerprint density at radius 1 is 1.13 bits per heavy atom. The number of carbonyl (C=O) groups excluding carboxylic acids is 1. The highest BCUT2D eigenvalue weighted by atomic mass is 19.4. The number of aromatic nitrogens is 2. The van der Waals surface area contributed by atoms with E-state index in [1.807, 2.05) is 4.90 Å². The molecule has 2 amide bonds. The van der Waals surface area contributed by atoms with Crippen molar-refractivity contribution in [2.45, 2.75) is 64.8 Å². The standard InChI is InChI=1S/C28H31F4N5O/c1-18(2)37-17-21-16-35(22-11-13-34(14-12-22)25-19(3)7-6-10-24(25)29)27(38)36(26(21)33-37)15-20-8-4-5-9-23(20)28(30,31)32/h4-10,17-18,22H,11-16H2,1-3H3/i1D3,2D3,18D. The van der Waals surface area contributed by atoms with Gasteiger partial charge in [0.2, 0.25) is 0 Å². The fourth-order valence-electron chi connectivity index (χ4n) is 5.31. The fraction of sp³-hybridized carbons (Fsp3) is 0.429. The van der Waals surface area contributed by atoms with Crippen LogP contribution in [0.25, 0.3) is 0 Å². The van der Waals surface area contributed by atoms with Gasteiger partial charge in [0.25, 0.3) is 0 Å². The minimum Gasteiger partial charge on any atom is -0.369 e. The van der Waals surface area contributed by atoms with Gasteiger partial charge in [-0.05, 0) is 56.7 Å². The van der Waals surface area contributed by atoms with Gasteiger partial charge in [-0.25, -0.2) is 9.18 Å². The minimum absolute atomic E-state index is 0.146. The molecule has 3 heterocycles. The molecule has 3 aromatic rings. The molecule has 0 atom stereocenters. The number of hydrogen-bond donors (Lipinski definition) is 0.